The number of hydrogen-bond donors (Lipinski definition) is 1. The molecule has 1 amide bonds. The van der Waals surface area contributed by atoms with Gasteiger partial charge < -0.3 is 13.9 Å². The average Bonchev–Trinajstić information content (AvgIpc) is 3.39. The van der Waals surface area contributed by atoms with Gasteiger partial charge in [0.05, 0.1) is 29.2 Å². The molecule has 0 radical (unpaired) electrons. The van der Waals surface area contributed by atoms with Gasteiger partial charge in [-0.15, -0.1) is 0 Å². The van der Waals surface area contributed by atoms with E-state index in [1.54, 1.807) is 6.20 Å². The summed E-state index contributed by atoms with van der Waals surface area (Å²) in [7, 11) is 0. The summed E-state index contributed by atoms with van der Waals surface area (Å²) in [4.78, 5) is 16.0. The Kier molecular flexibility index (Phi) is 5.35. The number of nitrogens with one attached hydrogen (secondary N) is 1. The third kappa shape index (κ3) is 4.20. The number of nitriles is 1. The van der Waals surface area contributed by atoms with Crippen LogP contribution in [0.5, 0.6) is 0 Å². The second-order valence-electron chi connectivity index (χ2n) is 8.68. The molecule has 1 N–H and O–H groups in total. The smallest absolute Gasteiger partial charge is 0.411 e. The Morgan fingerprint density at radius 1 is 1.24 bits per heavy atom. The zero-order chi connectivity index (χ0) is 22.9. The first-order valence-electron chi connectivity index (χ1n) is 11.1. The Hall–Kier alpha value is -4.05. The van der Waals surface area contributed by atoms with Crippen LogP contribution < -0.4 is 5.32 Å². The van der Waals surface area contributed by atoms with Gasteiger partial charge in [0.2, 0.25) is 0 Å². The fraction of sp³-hybridized carbons (Fsp3) is 0.269. The molecule has 0 atom stereocenters. The molecule has 0 saturated heterocycles. The SMILES string of the molecule is CC(C)OC(=O)Nc1ccc(-c2c(C#N)c3ccc(Cn4ccnc4)cc3n2C2CC2)cc1. The van der Waals surface area contributed by atoms with Gasteiger partial charge >= 0.3 is 6.09 Å². The number of nitrogens with zero attached hydrogens (tertiary/aromatic N) is 4. The molecular weight excluding hydrogens is 414 g/mol. The fourth-order valence-corrected chi connectivity index (χ4v) is 4.23. The summed E-state index contributed by atoms with van der Waals surface area (Å²) >= 11 is 0. The summed E-state index contributed by atoms with van der Waals surface area (Å²) in [6.07, 6.45) is 7.08. The number of imidazole rings is 1. The van der Waals surface area contributed by atoms with Crippen LogP contribution in [0.15, 0.2) is 61.2 Å². The van der Waals surface area contributed by atoms with Crippen LogP contribution in [0.2, 0.25) is 0 Å². The van der Waals surface area contributed by atoms with Crippen LogP contribution >= 0.6 is 0 Å². The van der Waals surface area contributed by atoms with Crippen LogP contribution in [0.1, 0.15) is 43.9 Å². The minimum Gasteiger partial charge on any atom is -0.447 e. The van der Waals surface area contributed by atoms with E-state index in [2.05, 4.69) is 39.1 Å². The normalized spacial score (nSPS) is 13.3. The van der Waals surface area contributed by atoms with Gasteiger partial charge in [-0.25, -0.2) is 9.78 Å². The van der Waals surface area contributed by atoms with E-state index in [1.807, 2.05) is 55.2 Å². The van der Waals surface area contributed by atoms with Crippen molar-refractivity contribution in [2.75, 3.05) is 5.32 Å². The first-order valence-corrected chi connectivity index (χ1v) is 11.1. The molecule has 1 aliphatic rings. The third-order valence-corrected chi connectivity index (χ3v) is 5.76. The predicted molar refractivity (Wildman–Crippen MR) is 127 cm³/mol. The highest BCUT2D eigenvalue weighted by molar-refractivity contribution is 5.95. The maximum absolute atomic E-state index is 11.9. The maximum atomic E-state index is 11.9. The quantitative estimate of drug-likeness (QED) is 0.417. The summed E-state index contributed by atoms with van der Waals surface area (Å²) < 4.78 is 9.51. The number of carbonyl (C=O) groups is 1. The van der Waals surface area contributed by atoms with Crippen LogP contribution in [-0.4, -0.2) is 26.3 Å². The number of fused-ring (bicyclic) bond motifs is 1. The van der Waals surface area contributed by atoms with E-state index >= 15 is 0 Å². The minimum absolute atomic E-state index is 0.185. The van der Waals surface area contributed by atoms with Crippen LogP contribution in [0.3, 0.4) is 0 Å². The van der Waals surface area contributed by atoms with Gasteiger partial charge in [0.15, 0.2) is 0 Å². The second-order valence-corrected chi connectivity index (χ2v) is 8.68. The number of hydrogen-bond acceptors (Lipinski definition) is 4. The highest BCUT2D eigenvalue weighted by Crippen LogP contribution is 2.45. The van der Waals surface area contributed by atoms with Crippen LogP contribution in [0, 0.1) is 11.3 Å². The topological polar surface area (TPSA) is 84.9 Å². The summed E-state index contributed by atoms with van der Waals surface area (Å²) in [5.74, 6) is 0. The van der Waals surface area contributed by atoms with Gasteiger partial charge in [-0.3, -0.25) is 5.32 Å². The molecular formula is C26H25N5O2. The Morgan fingerprint density at radius 2 is 2.03 bits per heavy atom. The monoisotopic (exact) mass is 439 g/mol. The zero-order valence-electron chi connectivity index (χ0n) is 18.7. The number of rotatable bonds is 6. The van der Waals surface area contributed by atoms with Crippen LogP contribution in [0.25, 0.3) is 22.2 Å². The Labute approximate surface area is 192 Å². The minimum atomic E-state index is -0.479. The highest BCUT2D eigenvalue weighted by atomic mass is 16.6. The Morgan fingerprint density at radius 3 is 2.67 bits per heavy atom. The van der Waals surface area contributed by atoms with Gasteiger partial charge in [0, 0.05) is 36.1 Å². The molecule has 7 nitrogen and oxygen atoms in total. The first-order chi connectivity index (χ1) is 16.0. The molecule has 7 heteroatoms. The Bertz CT molecular complexity index is 1340. The summed E-state index contributed by atoms with van der Waals surface area (Å²) in [5, 5.41) is 13.8. The molecule has 0 unspecified atom stereocenters. The van der Waals surface area contributed by atoms with E-state index in [-0.39, 0.29) is 6.10 Å². The molecule has 2 heterocycles. The van der Waals surface area contributed by atoms with Crippen molar-refractivity contribution in [2.24, 2.45) is 0 Å². The number of benzene rings is 2. The van der Waals surface area contributed by atoms with Gasteiger partial charge in [0.1, 0.15) is 6.07 Å². The molecule has 0 bridgehead atoms. The maximum Gasteiger partial charge on any atom is 0.411 e. The molecule has 1 fully saturated rings. The molecule has 166 valence electrons. The van der Waals surface area contributed by atoms with Crippen molar-refractivity contribution in [3.05, 3.63) is 72.3 Å². The molecule has 4 aromatic rings. The lowest BCUT2D eigenvalue weighted by Crippen LogP contribution is -2.17. The highest BCUT2D eigenvalue weighted by Gasteiger charge is 2.30. The second kappa shape index (κ2) is 8.47. The molecule has 2 aromatic carbocycles. The molecule has 0 aliphatic heterocycles. The zero-order valence-corrected chi connectivity index (χ0v) is 18.7. The number of ether oxygens (including phenoxy) is 1. The third-order valence-electron chi connectivity index (χ3n) is 5.76. The summed E-state index contributed by atoms with van der Waals surface area (Å²) in [6, 6.07) is 16.8. The van der Waals surface area contributed by atoms with Gasteiger partial charge in [0.25, 0.3) is 0 Å². The van der Waals surface area contributed by atoms with E-state index in [9.17, 15) is 10.1 Å². The number of anilines is 1. The summed E-state index contributed by atoms with van der Waals surface area (Å²) in [6.45, 7) is 4.35. The van der Waals surface area contributed by atoms with E-state index in [0.29, 0.717) is 17.3 Å². The van der Waals surface area contributed by atoms with Crippen molar-refractivity contribution in [3.63, 3.8) is 0 Å². The number of aromatic nitrogens is 3. The molecule has 0 spiro atoms. The standard InChI is InChI=1S/C26H25N5O2/c1-17(2)33-26(32)29-20-6-4-19(5-7-20)25-23(14-27)22-10-3-18(15-30-12-11-28-16-30)13-24(22)31(25)21-8-9-21/h3-7,10-13,16-17,21H,8-9,15H2,1-2H3,(H,29,32). The van der Waals surface area contributed by atoms with Crippen molar-refractivity contribution >= 4 is 22.7 Å². The van der Waals surface area contributed by atoms with Crippen molar-refractivity contribution < 1.29 is 9.53 Å². The lowest BCUT2D eigenvalue weighted by atomic mass is 10.0. The van der Waals surface area contributed by atoms with Gasteiger partial charge in [-0.05, 0) is 56.0 Å². The fourth-order valence-electron chi connectivity index (χ4n) is 4.23. The van der Waals surface area contributed by atoms with Crippen LogP contribution in [-0.2, 0) is 11.3 Å². The first kappa shape index (κ1) is 20.8. The molecule has 2 aromatic heterocycles. The molecule has 5 rings (SSSR count). The van der Waals surface area contributed by atoms with E-state index in [0.717, 1.165) is 41.5 Å². The predicted octanol–water partition coefficient (Wildman–Crippen LogP) is 5.72. The van der Waals surface area contributed by atoms with Crippen molar-refractivity contribution in [1.29, 1.82) is 5.26 Å². The average molecular weight is 440 g/mol. The lowest BCUT2D eigenvalue weighted by molar-refractivity contribution is 0.130. The van der Waals surface area contributed by atoms with Crippen molar-refractivity contribution in [3.8, 4) is 17.3 Å². The Balaban J connectivity index is 1.54. The van der Waals surface area contributed by atoms with Gasteiger partial charge in [-0.2, -0.15) is 5.26 Å². The molecule has 1 aliphatic carbocycles. The molecule has 1 saturated carbocycles. The molecule has 33 heavy (non-hydrogen) atoms. The lowest BCUT2D eigenvalue weighted by Gasteiger charge is -2.12. The van der Waals surface area contributed by atoms with Crippen LogP contribution in [0.4, 0.5) is 10.5 Å². The number of amides is 1. The van der Waals surface area contributed by atoms with Crippen molar-refractivity contribution in [1.82, 2.24) is 14.1 Å². The largest absolute Gasteiger partial charge is 0.447 e. The van der Waals surface area contributed by atoms with Gasteiger partial charge in [-0.1, -0.05) is 24.3 Å². The van der Waals surface area contributed by atoms with Crippen molar-refractivity contribution in [2.45, 2.75) is 45.4 Å². The van der Waals surface area contributed by atoms with E-state index < -0.39 is 6.09 Å². The van der Waals surface area contributed by atoms with E-state index in [4.69, 9.17) is 4.74 Å². The van der Waals surface area contributed by atoms with E-state index in [1.165, 1.54) is 5.56 Å². The number of carbonyl (C=O) groups excluding carboxylic acids is 1. The summed E-state index contributed by atoms with van der Waals surface area (Å²) in [5.41, 5.74) is 5.48.